The molecule has 0 saturated carbocycles. The second kappa shape index (κ2) is 7.24. The summed E-state index contributed by atoms with van der Waals surface area (Å²) in [4.78, 5) is 10.4. The standard InChI is InChI=1S/C14H10Br2ClNO3/c15-7-9-5-11(17)1-3-13(9)21-14-4-2-12(18(19)20)6-10(14)8-16/h1-6H,7-8H2. The predicted octanol–water partition coefficient (Wildman–Crippen LogP) is 5.83. The van der Waals surface area contributed by atoms with Crippen molar-refractivity contribution in [3.63, 3.8) is 0 Å². The van der Waals surface area contributed by atoms with E-state index in [2.05, 4.69) is 31.9 Å². The average molecular weight is 435 g/mol. The monoisotopic (exact) mass is 433 g/mol. The van der Waals surface area contributed by atoms with Crippen LogP contribution in [0.25, 0.3) is 0 Å². The van der Waals surface area contributed by atoms with Gasteiger partial charge in [0, 0.05) is 38.9 Å². The van der Waals surface area contributed by atoms with Crippen molar-refractivity contribution >= 4 is 49.1 Å². The van der Waals surface area contributed by atoms with Crippen LogP contribution in [0.5, 0.6) is 11.5 Å². The van der Waals surface area contributed by atoms with Gasteiger partial charge < -0.3 is 4.74 Å². The summed E-state index contributed by atoms with van der Waals surface area (Å²) in [5.74, 6) is 1.23. The molecule has 2 aromatic rings. The summed E-state index contributed by atoms with van der Waals surface area (Å²) in [6.45, 7) is 0. The highest BCUT2D eigenvalue weighted by Crippen LogP contribution is 2.33. The molecule has 0 unspecified atom stereocenters. The fraction of sp³-hybridized carbons (Fsp3) is 0.143. The summed E-state index contributed by atoms with van der Waals surface area (Å²) in [5.41, 5.74) is 1.65. The van der Waals surface area contributed by atoms with E-state index in [-0.39, 0.29) is 5.69 Å². The van der Waals surface area contributed by atoms with Gasteiger partial charge in [0.2, 0.25) is 0 Å². The molecule has 0 atom stereocenters. The minimum absolute atomic E-state index is 0.0358. The highest BCUT2D eigenvalue weighted by molar-refractivity contribution is 9.08. The Kier molecular flexibility index (Phi) is 5.61. The van der Waals surface area contributed by atoms with Crippen LogP contribution in [0.4, 0.5) is 5.69 Å². The number of rotatable bonds is 5. The molecule has 0 aliphatic rings. The number of benzene rings is 2. The highest BCUT2D eigenvalue weighted by Gasteiger charge is 2.13. The van der Waals surface area contributed by atoms with Gasteiger partial charge in [0.15, 0.2) is 0 Å². The van der Waals surface area contributed by atoms with Gasteiger partial charge in [-0.25, -0.2) is 0 Å². The van der Waals surface area contributed by atoms with E-state index in [4.69, 9.17) is 16.3 Å². The normalized spacial score (nSPS) is 10.4. The maximum atomic E-state index is 10.8. The molecule has 0 bridgehead atoms. The van der Waals surface area contributed by atoms with E-state index in [9.17, 15) is 10.1 Å². The summed E-state index contributed by atoms with van der Waals surface area (Å²) in [6, 6.07) is 9.84. The molecule has 0 saturated heterocycles. The SMILES string of the molecule is O=[N+]([O-])c1ccc(Oc2ccc(Cl)cc2CBr)c(CBr)c1. The van der Waals surface area contributed by atoms with Crippen molar-refractivity contribution in [1.82, 2.24) is 0 Å². The van der Waals surface area contributed by atoms with Crippen molar-refractivity contribution < 1.29 is 9.66 Å². The van der Waals surface area contributed by atoms with Crippen molar-refractivity contribution in [3.05, 3.63) is 62.7 Å². The second-order valence-corrected chi connectivity index (χ2v) is 5.73. The van der Waals surface area contributed by atoms with Gasteiger partial charge in [0.1, 0.15) is 11.5 Å². The molecular formula is C14H10Br2ClNO3. The second-order valence-electron chi connectivity index (χ2n) is 4.17. The Balaban J connectivity index is 2.37. The molecule has 4 nitrogen and oxygen atoms in total. The van der Waals surface area contributed by atoms with Crippen LogP contribution < -0.4 is 4.74 Å². The van der Waals surface area contributed by atoms with Crippen molar-refractivity contribution in [2.24, 2.45) is 0 Å². The van der Waals surface area contributed by atoms with Gasteiger partial charge in [-0.15, -0.1) is 0 Å². The summed E-state index contributed by atoms with van der Waals surface area (Å²) < 4.78 is 5.87. The molecule has 0 spiro atoms. The Hall–Kier alpha value is -1.11. The average Bonchev–Trinajstić information content (AvgIpc) is 2.49. The Bertz CT molecular complexity index is 679. The first-order valence-electron chi connectivity index (χ1n) is 5.90. The molecule has 0 N–H and O–H groups in total. The van der Waals surface area contributed by atoms with Crippen LogP contribution in [0.3, 0.4) is 0 Å². The van der Waals surface area contributed by atoms with Gasteiger partial charge >= 0.3 is 0 Å². The predicted molar refractivity (Wildman–Crippen MR) is 89.9 cm³/mol. The minimum atomic E-state index is -0.428. The molecule has 2 rings (SSSR count). The van der Waals surface area contributed by atoms with Crippen LogP contribution in [0, 0.1) is 10.1 Å². The molecule has 7 heteroatoms. The van der Waals surface area contributed by atoms with Gasteiger partial charge in [-0.1, -0.05) is 43.5 Å². The van der Waals surface area contributed by atoms with Gasteiger partial charge in [-0.2, -0.15) is 0 Å². The third kappa shape index (κ3) is 3.96. The molecule has 0 fully saturated rings. The third-order valence-electron chi connectivity index (χ3n) is 2.79. The van der Waals surface area contributed by atoms with E-state index < -0.39 is 4.92 Å². The maximum Gasteiger partial charge on any atom is 0.270 e. The number of hydrogen-bond donors (Lipinski definition) is 0. The van der Waals surface area contributed by atoms with E-state index >= 15 is 0 Å². The number of ether oxygens (including phenoxy) is 1. The summed E-state index contributed by atoms with van der Waals surface area (Å²) >= 11 is 12.7. The van der Waals surface area contributed by atoms with E-state index in [0.29, 0.717) is 32.7 Å². The van der Waals surface area contributed by atoms with Crippen molar-refractivity contribution in [2.75, 3.05) is 0 Å². The molecule has 0 amide bonds. The molecule has 0 aliphatic carbocycles. The first-order valence-corrected chi connectivity index (χ1v) is 8.52. The van der Waals surface area contributed by atoms with Crippen LogP contribution >= 0.6 is 43.5 Å². The molecule has 0 heterocycles. The lowest BCUT2D eigenvalue weighted by molar-refractivity contribution is -0.384. The van der Waals surface area contributed by atoms with Crippen molar-refractivity contribution in [3.8, 4) is 11.5 Å². The van der Waals surface area contributed by atoms with E-state index in [1.165, 1.54) is 12.1 Å². The Labute approximate surface area is 143 Å². The van der Waals surface area contributed by atoms with Crippen LogP contribution in [-0.2, 0) is 10.7 Å². The fourth-order valence-electron chi connectivity index (χ4n) is 1.75. The number of non-ortho nitro benzene ring substituents is 1. The van der Waals surface area contributed by atoms with Gasteiger partial charge in [-0.3, -0.25) is 10.1 Å². The number of alkyl halides is 2. The van der Waals surface area contributed by atoms with Crippen LogP contribution in [-0.4, -0.2) is 4.92 Å². The Morgan fingerprint density at radius 2 is 1.62 bits per heavy atom. The Morgan fingerprint density at radius 1 is 1.05 bits per heavy atom. The zero-order valence-electron chi connectivity index (χ0n) is 10.7. The smallest absolute Gasteiger partial charge is 0.270 e. The van der Waals surface area contributed by atoms with Crippen molar-refractivity contribution in [2.45, 2.75) is 10.7 Å². The molecule has 110 valence electrons. The molecule has 0 aromatic heterocycles. The summed E-state index contributed by atoms with van der Waals surface area (Å²) in [6.07, 6.45) is 0. The van der Waals surface area contributed by atoms with E-state index in [0.717, 1.165) is 5.56 Å². The fourth-order valence-corrected chi connectivity index (χ4v) is 2.82. The molecule has 0 radical (unpaired) electrons. The van der Waals surface area contributed by atoms with E-state index in [1.807, 2.05) is 6.07 Å². The largest absolute Gasteiger partial charge is 0.457 e. The molecule has 0 aliphatic heterocycles. The molecular weight excluding hydrogens is 425 g/mol. The number of nitrogens with zero attached hydrogens (tertiary/aromatic N) is 1. The first-order chi connectivity index (χ1) is 10.0. The summed E-state index contributed by atoms with van der Waals surface area (Å²) in [7, 11) is 0. The minimum Gasteiger partial charge on any atom is -0.457 e. The molecule has 2 aromatic carbocycles. The summed E-state index contributed by atoms with van der Waals surface area (Å²) in [5, 5.41) is 12.5. The number of nitro groups is 1. The zero-order valence-corrected chi connectivity index (χ0v) is 14.6. The topological polar surface area (TPSA) is 52.4 Å². The maximum absolute atomic E-state index is 10.8. The van der Waals surface area contributed by atoms with Gasteiger partial charge in [0.05, 0.1) is 4.92 Å². The van der Waals surface area contributed by atoms with Crippen LogP contribution in [0.15, 0.2) is 36.4 Å². The zero-order chi connectivity index (χ0) is 15.4. The van der Waals surface area contributed by atoms with E-state index in [1.54, 1.807) is 18.2 Å². The lowest BCUT2D eigenvalue weighted by Gasteiger charge is -2.12. The lowest BCUT2D eigenvalue weighted by Crippen LogP contribution is -1.95. The third-order valence-corrected chi connectivity index (χ3v) is 4.23. The van der Waals surface area contributed by atoms with Gasteiger partial charge in [-0.05, 0) is 24.3 Å². The highest BCUT2D eigenvalue weighted by atomic mass is 79.9. The quantitative estimate of drug-likeness (QED) is 0.337. The van der Waals surface area contributed by atoms with Crippen molar-refractivity contribution in [1.29, 1.82) is 0 Å². The number of hydrogen-bond acceptors (Lipinski definition) is 3. The Morgan fingerprint density at radius 3 is 2.19 bits per heavy atom. The van der Waals surface area contributed by atoms with Crippen LogP contribution in [0.1, 0.15) is 11.1 Å². The number of nitro benzene ring substituents is 1. The molecule has 21 heavy (non-hydrogen) atoms. The first kappa shape index (κ1) is 16.3. The lowest BCUT2D eigenvalue weighted by atomic mass is 10.2. The number of halogens is 3. The van der Waals surface area contributed by atoms with Crippen LogP contribution in [0.2, 0.25) is 5.02 Å². The van der Waals surface area contributed by atoms with Gasteiger partial charge in [0.25, 0.3) is 5.69 Å².